The summed E-state index contributed by atoms with van der Waals surface area (Å²) >= 11 is 12.3. The Morgan fingerprint density at radius 3 is 2.62 bits per heavy atom. The summed E-state index contributed by atoms with van der Waals surface area (Å²) in [6, 6.07) is 5.57. The quantitative estimate of drug-likeness (QED) is 0.398. The maximum atomic E-state index is 11.8. The smallest absolute Gasteiger partial charge is 0.267 e. The Labute approximate surface area is 132 Å². The minimum absolute atomic E-state index is 0.00419. The van der Waals surface area contributed by atoms with Gasteiger partial charge in [-0.15, -0.1) is 0 Å². The van der Waals surface area contributed by atoms with E-state index in [1.54, 1.807) is 0 Å². The van der Waals surface area contributed by atoms with E-state index in [2.05, 4.69) is 15.5 Å². The molecule has 0 fully saturated rings. The van der Waals surface area contributed by atoms with Crippen LogP contribution in [0, 0.1) is 10.1 Å². The zero-order valence-corrected chi connectivity index (χ0v) is 12.4. The van der Waals surface area contributed by atoms with Gasteiger partial charge in [-0.2, -0.15) is 5.10 Å². The number of rotatable bonds is 4. The molecule has 0 aromatic carbocycles. The van der Waals surface area contributed by atoms with Gasteiger partial charge in [-0.25, -0.2) is 10.4 Å². The van der Waals surface area contributed by atoms with Gasteiger partial charge in [0.25, 0.3) is 5.91 Å². The van der Waals surface area contributed by atoms with E-state index < -0.39 is 10.8 Å². The average molecular weight is 345 g/mol. The first kappa shape index (κ1) is 15.4. The summed E-state index contributed by atoms with van der Waals surface area (Å²) < 4.78 is 0. The summed E-state index contributed by atoms with van der Waals surface area (Å²) in [6.45, 7) is 0. The summed E-state index contributed by atoms with van der Waals surface area (Å²) in [6.07, 6.45) is 1.31. The van der Waals surface area contributed by atoms with Crippen molar-refractivity contribution < 1.29 is 9.72 Å². The van der Waals surface area contributed by atoms with Crippen LogP contribution in [0.25, 0.3) is 0 Å². The second-order valence-electron chi connectivity index (χ2n) is 3.63. The normalized spacial score (nSPS) is 10.8. The molecule has 0 unspecified atom stereocenters. The molecule has 10 heteroatoms. The van der Waals surface area contributed by atoms with E-state index in [0.29, 0.717) is 4.88 Å². The minimum Gasteiger partial charge on any atom is -0.267 e. The van der Waals surface area contributed by atoms with Gasteiger partial charge in [-0.1, -0.05) is 34.5 Å². The second-order valence-corrected chi connectivity index (χ2v) is 5.50. The topological polar surface area (TPSA) is 97.5 Å². The van der Waals surface area contributed by atoms with Gasteiger partial charge in [0.2, 0.25) is 0 Å². The number of halogens is 2. The number of pyridine rings is 1. The molecule has 0 saturated carbocycles. The lowest BCUT2D eigenvalue weighted by molar-refractivity contribution is -0.380. The van der Waals surface area contributed by atoms with Crippen LogP contribution in [0.3, 0.4) is 0 Å². The maximum absolute atomic E-state index is 11.8. The van der Waals surface area contributed by atoms with Gasteiger partial charge in [0, 0.05) is 11.6 Å². The van der Waals surface area contributed by atoms with Crippen molar-refractivity contribution in [2.75, 3.05) is 0 Å². The Morgan fingerprint density at radius 2 is 2.05 bits per heavy atom. The largest absolute Gasteiger partial charge is 0.324 e. The number of carbonyl (C=O) groups is 1. The molecule has 0 aliphatic heterocycles. The summed E-state index contributed by atoms with van der Waals surface area (Å²) in [5.41, 5.74) is 2.47. The summed E-state index contributed by atoms with van der Waals surface area (Å²) in [5.74, 6) is -0.525. The Kier molecular flexibility index (Phi) is 4.84. The third-order valence-electron chi connectivity index (χ3n) is 2.18. The van der Waals surface area contributed by atoms with Crippen LogP contribution in [0.5, 0.6) is 0 Å². The minimum atomic E-state index is -0.525. The number of hydrogen-bond donors (Lipinski definition) is 1. The molecule has 7 nitrogen and oxygen atoms in total. The van der Waals surface area contributed by atoms with Gasteiger partial charge in [-0.05, 0) is 18.2 Å². The zero-order chi connectivity index (χ0) is 15.4. The molecule has 2 aromatic rings. The van der Waals surface area contributed by atoms with Crippen molar-refractivity contribution in [1.82, 2.24) is 10.4 Å². The molecule has 2 rings (SSSR count). The Hall–Kier alpha value is -2.03. The van der Waals surface area contributed by atoms with Gasteiger partial charge >= 0.3 is 5.00 Å². The summed E-state index contributed by atoms with van der Waals surface area (Å²) in [5, 5.41) is 14.4. The third-order valence-corrected chi connectivity index (χ3v) is 3.53. The molecule has 0 saturated heterocycles. The fourth-order valence-electron chi connectivity index (χ4n) is 1.32. The van der Waals surface area contributed by atoms with Crippen molar-refractivity contribution in [2.24, 2.45) is 5.10 Å². The number of carbonyl (C=O) groups excluding carboxylic acids is 1. The van der Waals surface area contributed by atoms with Crippen LogP contribution in [0.4, 0.5) is 5.00 Å². The van der Waals surface area contributed by atoms with Crippen molar-refractivity contribution in [3.63, 3.8) is 0 Å². The average Bonchev–Trinajstić information content (AvgIpc) is 2.86. The monoisotopic (exact) mass is 344 g/mol. The Balaban J connectivity index is 2.02. The van der Waals surface area contributed by atoms with Gasteiger partial charge in [0.15, 0.2) is 0 Å². The van der Waals surface area contributed by atoms with Crippen molar-refractivity contribution in [3.05, 3.63) is 55.1 Å². The fraction of sp³-hybridized carbons (Fsp3) is 0. The van der Waals surface area contributed by atoms with Crippen LogP contribution in [0.2, 0.25) is 10.3 Å². The molecular weight excluding hydrogens is 339 g/mol. The molecule has 1 amide bonds. The van der Waals surface area contributed by atoms with Crippen LogP contribution in [-0.4, -0.2) is 22.0 Å². The van der Waals surface area contributed by atoms with Gasteiger partial charge in [0.05, 0.1) is 16.0 Å². The molecule has 0 atom stereocenters. The van der Waals surface area contributed by atoms with Crippen LogP contribution >= 0.6 is 34.5 Å². The lowest BCUT2D eigenvalue weighted by Crippen LogP contribution is -2.17. The lowest BCUT2D eigenvalue weighted by Gasteiger charge is -2.00. The highest BCUT2D eigenvalue weighted by molar-refractivity contribution is 7.16. The molecule has 0 radical (unpaired) electrons. The summed E-state index contributed by atoms with van der Waals surface area (Å²) in [7, 11) is 0. The number of nitrogens with zero attached hydrogens (tertiary/aromatic N) is 3. The molecule has 108 valence electrons. The predicted octanol–water partition coefficient (Wildman–Crippen LogP) is 3.12. The highest BCUT2D eigenvalue weighted by Gasteiger charge is 2.09. The van der Waals surface area contributed by atoms with Crippen molar-refractivity contribution >= 4 is 51.7 Å². The highest BCUT2D eigenvalue weighted by atomic mass is 35.5. The summed E-state index contributed by atoms with van der Waals surface area (Å²) in [4.78, 5) is 26.0. The van der Waals surface area contributed by atoms with E-state index >= 15 is 0 Å². The van der Waals surface area contributed by atoms with E-state index in [-0.39, 0.29) is 20.9 Å². The van der Waals surface area contributed by atoms with Crippen LogP contribution < -0.4 is 5.43 Å². The number of aromatic nitrogens is 1. The zero-order valence-electron chi connectivity index (χ0n) is 10.1. The van der Waals surface area contributed by atoms with Crippen LogP contribution in [0.15, 0.2) is 29.4 Å². The predicted molar refractivity (Wildman–Crippen MR) is 80.3 cm³/mol. The molecule has 0 bridgehead atoms. The standard InChI is InChI=1S/C11H6Cl2N4O3S/c12-8-3-6(4-9(13)15-8)11(18)16-14-5-7-1-2-10(21-7)17(19)20/h1-5H,(H,16,18)/b14-5+. The van der Waals surface area contributed by atoms with E-state index in [9.17, 15) is 14.9 Å². The lowest BCUT2D eigenvalue weighted by atomic mass is 10.2. The third kappa shape index (κ3) is 4.22. The first-order chi connectivity index (χ1) is 9.95. The Morgan fingerprint density at radius 1 is 1.38 bits per heavy atom. The number of hydrazone groups is 1. The molecule has 0 aliphatic carbocycles. The number of nitrogens with one attached hydrogen (secondary N) is 1. The van der Waals surface area contributed by atoms with Gasteiger partial charge in [0.1, 0.15) is 10.3 Å². The van der Waals surface area contributed by atoms with Crippen LogP contribution in [0.1, 0.15) is 15.2 Å². The molecule has 0 spiro atoms. The molecular formula is C11H6Cl2N4O3S. The van der Waals surface area contributed by atoms with E-state index in [1.807, 2.05) is 0 Å². The van der Waals surface area contributed by atoms with E-state index in [0.717, 1.165) is 11.3 Å². The van der Waals surface area contributed by atoms with Crippen molar-refractivity contribution in [2.45, 2.75) is 0 Å². The second kappa shape index (κ2) is 6.61. The number of hydrogen-bond acceptors (Lipinski definition) is 6. The number of amides is 1. The van der Waals surface area contributed by atoms with Crippen molar-refractivity contribution in [3.8, 4) is 0 Å². The van der Waals surface area contributed by atoms with Gasteiger partial charge in [-0.3, -0.25) is 14.9 Å². The van der Waals surface area contributed by atoms with E-state index in [4.69, 9.17) is 23.2 Å². The maximum Gasteiger partial charge on any atom is 0.324 e. The first-order valence-electron chi connectivity index (χ1n) is 5.36. The first-order valence-corrected chi connectivity index (χ1v) is 6.93. The molecule has 2 aromatic heterocycles. The SMILES string of the molecule is O=C(N/N=C/c1ccc([N+](=O)[O-])s1)c1cc(Cl)nc(Cl)c1. The number of nitro groups is 1. The van der Waals surface area contributed by atoms with E-state index in [1.165, 1.54) is 30.5 Å². The Bertz CT molecular complexity index is 712. The molecule has 1 N–H and O–H groups in total. The van der Waals surface area contributed by atoms with Crippen molar-refractivity contribution in [1.29, 1.82) is 0 Å². The van der Waals surface area contributed by atoms with Gasteiger partial charge < -0.3 is 0 Å². The molecule has 0 aliphatic rings. The highest BCUT2D eigenvalue weighted by Crippen LogP contribution is 2.22. The molecule has 2 heterocycles. The fourth-order valence-corrected chi connectivity index (χ4v) is 2.48. The van der Waals surface area contributed by atoms with Crippen LogP contribution in [-0.2, 0) is 0 Å². The molecule has 21 heavy (non-hydrogen) atoms. The number of thiophene rings is 1.